The first-order chi connectivity index (χ1) is 9.06. The Bertz CT molecular complexity index is 409. The smallest absolute Gasteiger partial charge is 0.330 e. The summed E-state index contributed by atoms with van der Waals surface area (Å²) >= 11 is 0. The summed E-state index contributed by atoms with van der Waals surface area (Å²) in [5.74, 6) is -0.509. The highest BCUT2D eigenvalue weighted by Crippen LogP contribution is 2.11. The van der Waals surface area contributed by atoms with Crippen molar-refractivity contribution in [1.29, 1.82) is 0 Å². The molecule has 0 aromatic heterocycles. The van der Waals surface area contributed by atoms with Crippen molar-refractivity contribution in [2.24, 2.45) is 0 Å². The van der Waals surface area contributed by atoms with E-state index >= 15 is 0 Å². The van der Waals surface area contributed by atoms with Gasteiger partial charge in [0.2, 0.25) is 0 Å². The number of carbonyl (C=O) groups excluding carboxylic acids is 1. The lowest BCUT2D eigenvalue weighted by Gasteiger charge is -2.18. The number of hydrogen-bond donors (Lipinski definition) is 1. The number of carbonyl (C=O) groups is 1. The molecule has 2 atom stereocenters. The molecule has 0 aliphatic rings. The van der Waals surface area contributed by atoms with Crippen LogP contribution in [0.25, 0.3) is 0 Å². The highest BCUT2D eigenvalue weighted by atomic mass is 16.6. The first-order valence-corrected chi connectivity index (χ1v) is 6.65. The molecule has 104 valence electrons. The lowest BCUT2D eigenvalue weighted by molar-refractivity contribution is -0.147. The van der Waals surface area contributed by atoms with Crippen molar-refractivity contribution in [3.63, 3.8) is 0 Å². The molecule has 1 N–H and O–H groups in total. The summed E-state index contributed by atoms with van der Waals surface area (Å²) in [6.07, 6.45) is 2.51. The number of rotatable bonds is 7. The normalized spacial score (nSPS) is 13.6. The zero-order valence-electron chi connectivity index (χ0n) is 11.6. The van der Waals surface area contributed by atoms with Crippen LogP contribution in [-0.2, 0) is 22.4 Å². The van der Waals surface area contributed by atoms with Crippen LogP contribution in [-0.4, -0.2) is 23.3 Å². The van der Waals surface area contributed by atoms with Crippen LogP contribution in [0.3, 0.4) is 0 Å². The molecular weight excluding hydrogens is 240 g/mol. The number of aliphatic hydroxyl groups excluding tert-OH is 1. The average Bonchev–Trinajstić information content (AvgIpc) is 2.41. The Labute approximate surface area is 114 Å². The van der Waals surface area contributed by atoms with Crippen molar-refractivity contribution >= 4 is 5.97 Å². The van der Waals surface area contributed by atoms with Gasteiger partial charge in [0.15, 0.2) is 0 Å². The second kappa shape index (κ2) is 7.74. The summed E-state index contributed by atoms with van der Waals surface area (Å²) in [5.41, 5.74) is 2.33. The Morgan fingerprint density at radius 2 is 1.95 bits per heavy atom. The highest BCUT2D eigenvalue weighted by Gasteiger charge is 2.17. The molecule has 0 aliphatic carbocycles. The summed E-state index contributed by atoms with van der Waals surface area (Å²) in [5, 5.41) is 9.98. The van der Waals surface area contributed by atoms with E-state index in [0.717, 1.165) is 24.5 Å². The number of ether oxygens (including phenoxy) is 1. The fourth-order valence-electron chi connectivity index (χ4n) is 1.85. The fraction of sp³-hybridized carbons (Fsp3) is 0.438. The Hall–Kier alpha value is -1.61. The predicted octanol–water partition coefficient (Wildman–Crippen LogP) is 2.66. The maximum absolute atomic E-state index is 11.0. The molecule has 2 unspecified atom stereocenters. The third-order valence-electron chi connectivity index (χ3n) is 3.02. The molecule has 0 heterocycles. The van der Waals surface area contributed by atoms with Crippen LogP contribution in [0.2, 0.25) is 0 Å². The summed E-state index contributed by atoms with van der Waals surface area (Å²) in [4.78, 5) is 11.0. The second-order valence-corrected chi connectivity index (χ2v) is 4.68. The number of aliphatic hydroxyl groups is 1. The number of esters is 1. The van der Waals surface area contributed by atoms with Crippen molar-refractivity contribution in [3.05, 3.63) is 48.0 Å². The molecule has 19 heavy (non-hydrogen) atoms. The molecule has 3 heteroatoms. The minimum absolute atomic E-state index is 0.470. The van der Waals surface area contributed by atoms with E-state index in [2.05, 4.69) is 25.6 Å². The Kier molecular flexibility index (Phi) is 6.30. The molecule has 0 bridgehead atoms. The SMILES string of the molecule is C=CC(=O)OC(C)C(O)Cc1ccc(CCC)cc1. The van der Waals surface area contributed by atoms with Crippen molar-refractivity contribution in [2.75, 3.05) is 0 Å². The predicted molar refractivity (Wildman–Crippen MR) is 75.9 cm³/mol. The van der Waals surface area contributed by atoms with Crippen molar-refractivity contribution in [2.45, 2.75) is 45.3 Å². The van der Waals surface area contributed by atoms with Gasteiger partial charge in [0.25, 0.3) is 0 Å². The number of benzene rings is 1. The number of aryl methyl sites for hydroxylation is 1. The van der Waals surface area contributed by atoms with E-state index in [1.54, 1.807) is 6.92 Å². The average molecular weight is 262 g/mol. The van der Waals surface area contributed by atoms with Gasteiger partial charge in [0.05, 0.1) is 6.10 Å². The van der Waals surface area contributed by atoms with E-state index in [9.17, 15) is 9.90 Å². The molecule has 0 aliphatic heterocycles. The van der Waals surface area contributed by atoms with Gasteiger partial charge in [-0.1, -0.05) is 44.2 Å². The lowest BCUT2D eigenvalue weighted by Crippen LogP contribution is -2.29. The summed E-state index contributed by atoms with van der Waals surface area (Å²) in [6, 6.07) is 8.17. The molecule has 0 radical (unpaired) electrons. The topological polar surface area (TPSA) is 46.5 Å². The molecule has 0 spiro atoms. The molecular formula is C16H22O3. The maximum Gasteiger partial charge on any atom is 0.330 e. The van der Waals surface area contributed by atoms with Crippen LogP contribution >= 0.6 is 0 Å². The van der Waals surface area contributed by atoms with Crippen LogP contribution in [0.4, 0.5) is 0 Å². The van der Waals surface area contributed by atoms with Gasteiger partial charge in [-0.05, 0) is 24.5 Å². The fourth-order valence-corrected chi connectivity index (χ4v) is 1.85. The van der Waals surface area contributed by atoms with Crippen LogP contribution in [0.5, 0.6) is 0 Å². The summed E-state index contributed by atoms with van der Waals surface area (Å²) in [6.45, 7) is 7.15. The van der Waals surface area contributed by atoms with Gasteiger partial charge >= 0.3 is 5.97 Å². The monoisotopic (exact) mass is 262 g/mol. The van der Waals surface area contributed by atoms with E-state index in [1.165, 1.54) is 5.56 Å². The van der Waals surface area contributed by atoms with Crippen LogP contribution in [0, 0.1) is 0 Å². The van der Waals surface area contributed by atoms with Gasteiger partial charge in [-0.15, -0.1) is 0 Å². The molecule has 0 fully saturated rings. The third kappa shape index (κ3) is 5.26. The largest absolute Gasteiger partial charge is 0.457 e. The first-order valence-electron chi connectivity index (χ1n) is 6.65. The zero-order valence-corrected chi connectivity index (χ0v) is 11.6. The molecule has 1 aromatic rings. The van der Waals surface area contributed by atoms with Gasteiger partial charge in [-0.2, -0.15) is 0 Å². The maximum atomic E-state index is 11.0. The van der Waals surface area contributed by atoms with E-state index in [0.29, 0.717) is 6.42 Å². The van der Waals surface area contributed by atoms with Crippen molar-refractivity contribution in [3.8, 4) is 0 Å². The Morgan fingerprint density at radius 3 is 2.47 bits per heavy atom. The zero-order chi connectivity index (χ0) is 14.3. The molecule has 0 saturated heterocycles. The standard InChI is InChI=1S/C16H22O3/c1-4-6-13-7-9-14(10-8-13)11-15(17)12(3)19-16(18)5-2/h5,7-10,12,15,17H,2,4,6,11H2,1,3H3. The van der Waals surface area contributed by atoms with Crippen LogP contribution < -0.4 is 0 Å². The molecule has 1 aromatic carbocycles. The lowest BCUT2D eigenvalue weighted by atomic mass is 10.0. The first kappa shape index (κ1) is 15.4. The number of hydrogen-bond acceptors (Lipinski definition) is 3. The van der Waals surface area contributed by atoms with Gasteiger partial charge in [0.1, 0.15) is 6.10 Å². The molecule has 0 amide bonds. The van der Waals surface area contributed by atoms with E-state index in [1.807, 2.05) is 12.1 Å². The minimum Gasteiger partial charge on any atom is -0.457 e. The summed E-state index contributed by atoms with van der Waals surface area (Å²) < 4.78 is 4.99. The van der Waals surface area contributed by atoms with Crippen molar-refractivity contribution < 1.29 is 14.6 Å². The third-order valence-corrected chi connectivity index (χ3v) is 3.02. The van der Waals surface area contributed by atoms with Gasteiger partial charge in [-0.25, -0.2) is 4.79 Å². The molecule has 3 nitrogen and oxygen atoms in total. The summed E-state index contributed by atoms with van der Waals surface area (Å²) in [7, 11) is 0. The Morgan fingerprint density at radius 1 is 1.37 bits per heavy atom. The van der Waals surface area contributed by atoms with Gasteiger partial charge in [-0.3, -0.25) is 0 Å². The van der Waals surface area contributed by atoms with E-state index in [-0.39, 0.29) is 0 Å². The van der Waals surface area contributed by atoms with Crippen LogP contribution in [0.1, 0.15) is 31.4 Å². The Balaban J connectivity index is 2.53. The molecule has 1 rings (SSSR count). The van der Waals surface area contributed by atoms with Crippen molar-refractivity contribution in [1.82, 2.24) is 0 Å². The quantitative estimate of drug-likeness (QED) is 0.607. The highest BCUT2D eigenvalue weighted by molar-refractivity contribution is 5.81. The van der Waals surface area contributed by atoms with E-state index < -0.39 is 18.2 Å². The van der Waals surface area contributed by atoms with Crippen LogP contribution in [0.15, 0.2) is 36.9 Å². The van der Waals surface area contributed by atoms with Gasteiger partial charge < -0.3 is 9.84 Å². The second-order valence-electron chi connectivity index (χ2n) is 4.68. The molecule has 0 saturated carbocycles. The van der Waals surface area contributed by atoms with E-state index in [4.69, 9.17) is 4.74 Å². The minimum atomic E-state index is -0.707. The van der Waals surface area contributed by atoms with Gasteiger partial charge in [0, 0.05) is 12.5 Å².